The van der Waals surface area contributed by atoms with Gasteiger partial charge in [0.05, 0.1) is 0 Å². The Bertz CT molecular complexity index is 66.7. The maximum absolute atomic E-state index is 8.07. The molecule has 0 heterocycles. The molecule has 0 aliphatic carbocycles. The van der Waals surface area contributed by atoms with Crippen molar-refractivity contribution >= 4 is 5.96 Å². The molecule has 0 bridgehead atoms. The molecule has 0 aromatic heterocycles. The van der Waals surface area contributed by atoms with Crippen LogP contribution in [0.3, 0.4) is 0 Å². The van der Waals surface area contributed by atoms with Gasteiger partial charge in [-0.2, -0.15) is 0 Å². The summed E-state index contributed by atoms with van der Waals surface area (Å²) < 4.78 is 0. The molecule has 0 saturated carbocycles. The van der Waals surface area contributed by atoms with Crippen LogP contribution in [0.5, 0.6) is 0 Å². The Morgan fingerprint density at radius 2 is 1.73 bits per heavy atom. The third kappa shape index (κ3) is 186. The van der Waals surface area contributed by atoms with Crippen LogP contribution in [0.4, 0.5) is 0 Å². The molecule has 5 nitrogen and oxygen atoms in total. The van der Waals surface area contributed by atoms with Crippen molar-refractivity contribution in [3.63, 3.8) is 0 Å². The normalized spacial score (nSPS) is 6.00. The smallest absolute Gasteiger partial charge is 0.870 e. The van der Waals surface area contributed by atoms with Gasteiger partial charge >= 0.3 is 18.9 Å². The van der Waals surface area contributed by atoms with Crippen LogP contribution in [-0.4, -0.2) is 23.1 Å². The SMILES string of the molecule is CCCCO.N=C(N)N.[Li+].[OH-]. The summed E-state index contributed by atoms with van der Waals surface area (Å²) in [6.07, 6.45) is 2.04. The molecule has 0 fully saturated rings. The first kappa shape index (κ1) is 22.4. The van der Waals surface area contributed by atoms with Gasteiger partial charge in [-0.25, -0.2) is 0 Å². The molecule has 0 radical (unpaired) electrons. The van der Waals surface area contributed by atoms with Gasteiger partial charge in [0.25, 0.3) is 0 Å². The van der Waals surface area contributed by atoms with Crippen molar-refractivity contribution in [2.45, 2.75) is 19.8 Å². The van der Waals surface area contributed by atoms with Crippen molar-refractivity contribution in [1.29, 1.82) is 5.41 Å². The Morgan fingerprint density at radius 1 is 1.45 bits per heavy atom. The number of aliphatic hydroxyl groups excluding tert-OH is 1. The van der Waals surface area contributed by atoms with Crippen molar-refractivity contribution in [3.05, 3.63) is 0 Å². The molecule has 0 aromatic rings. The average molecular weight is 157 g/mol. The van der Waals surface area contributed by atoms with Gasteiger partial charge in [0.15, 0.2) is 5.96 Å². The number of rotatable bonds is 2. The molecule has 0 atom stereocenters. The van der Waals surface area contributed by atoms with Crippen LogP contribution in [0, 0.1) is 5.41 Å². The third-order valence-corrected chi connectivity index (χ3v) is 0.512. The average Bonchev–Trinajstić information content (AvgIpc) is 1.66. The van der Waals surface area contributed by atoms with Crippen molar-refractivity contribution in [1.82, 2.24) is 0 Å². The summed E-state index contributed by atoms with van der Waals surface area (Å²) >= 11 is 0. The maximum atomic E-state index is 8.07. The maximum Gasteiger partial charge on any atom is 1.00 e. The molecule has 0 aromatic carbocycles. The van der Waals surface area contributed by atoms with Crippen LogP contribution >= 0.6 is 0 Å². The third-order valence-electron chi connectivity index (χ3n) is 0.512. The van der Waals surface area contributed by atoms with Gasteiger partial charge in [-0.05, 0) is 6.42 Å². The first-order chi connectivity index (χ1) is 4.15. The van der Waals surface area contributed by atoms with Crippen molar-refractivity contribution in [2.75, 3.05) is 6.61 Å². The number of aliphatic hydroxyl groups is 1. The fourth-order valence-corrected chi connectivity index (χ4v) is 0.158. The summed E-state index contributed by atoms with van der Waals surface area (Å²) in [6.45, 7) is 2.40. The van der Waals surface area contributed by atoms with Crippen LogP contribution in [0.1, 0.15) is 19.8 Å². The molecule has 0 amide bonds. The van der Waals surface area contributed by atoms with Gasteiger partial charge in [-0.1, -0.05) is 13.3 Å². The van der Waals surface area contributed by atoms with Crippen LogP contribution in [0.2, 0.25) is 0 Å². The summed E-state index contributed by atoms with van der Waals surface area (Å²) in [5.41, 5.74) is 8.94. The zero-order chi connectivity index (χ0) is 7.70. The minimum atomic E-state index is -0.333. The molecule has 0 spiro atoms. The van der Waals surface area contributed by atoms with E-state index in [0.717, 1.165) is 12.8 Å². The van der Waals surface area contributed by atoms with E-state index < -0.39 is 0 Å². The van der Waals surface area contributed by atoms with Gasteiger partial charge in [0, 0.05) is 6.61 Å². The number of nitrogens with two attached hydrogens (primary N) is 2. The first-order valence-electron chi connectivity index (χ1n) is 2.85. The minimum absolute atomic E-state index is 0. The Labute approximate surface area is 79.1 Å². The van der Waals surface area contributed by atoms with Crippen molar-refractivity contribution in [2.24, 2.45) is 11.5 Å². The van der Waals surface area contributed by atoms with Gasteiger partial charge in [-0.3, -0.25) is 5.41 Å². The Hall–Kier alpha value is -0.213. The van der Waals surface area contributed by atoms with E-state index in [-0.39, 0.29) is 30.3 Å². The molecule has 0 rings (SSSR count). The molecular weight excluding hydrogens is 141 g/mol. The molecule has 7 N–H and O–H groups in total. The Balaban J connectivity index is -0.0000000383. The minimum Gasteiger partial charge on any atom is -0.870 e. The molecule has 64 valence electrons. The van der Waals surface area contributed by atoms with E-state index in [1.165, 1.54) is 0 Å². The summed E-state index contributed by atoms with van der Waals surface area (Å²) in [5.74, 6) is -0.333. The van der Waals surface area contributed by atoms with E-state index in [1.807, 2.05) is 0 Å². The molecule has 0 aliphatic rings. The standard InChI is InChI=1S/C4H10O.CH5N3.Li.H2O/c1-2-3-4-5;2-1(3)4;;/h5H,2-4H2,1H3;(H5,2,3,4);;1H2/q;;+1;/p-1. The quantitative estimate of drug-likeness (QED) is 0.188. The Morgan fingerprint density at radius 3 is 1.73 bits per heavy atom. The monoisotopic (exact) mass is 157 g/mol. The first-order valence-corrected chi connectivity index (χ1v) is 2.85. The van der Waals surface area contributed by atoms with Crippen molar-refractivity contribution < 1.29 is 29.4 Å². The van der Waals surface area contributed by atoms with Gasteiger partial charge in [-0.15, -0.1) is 0 Å². The van der Waals surface area contributed by atoms with E-state index in [1.54, 1.807) is 0 Å². The van der Waals surface area contributed by atoms with E-state index in [0.29, 0.717) is 6.61 Å². The summed E-state index contributed by atoms with van der Waals surface area (Å²) in [5, 5.41) is 14.1. The Kier molecular flexibility index (Phi) is 46.0. The zero-order valence-electron chi connectivity index (χ0n) is 7.17. The fraction of sp³-hybridized carbons (Fsp3) is 0.800. The van der Waals surface area contributed by atoms with E-state index in [4.69, 9.17) is 10.5 Å². The molecule has 11 heavy (non-hydrogen) atoms. The van der Waals surface area contributed by atoms with Gasteiger partial charge in [0.2, 0.25) is 0 Å². The van der Waals surface area contributed by atoms with Crippen molar-refractivity contribution in [3.8, 4) is 0 Å². The zero-order valence-corrected chi connectivity index (χ0v) is 7.17. The molecule has 0 unspecified atom stereocenters. The number of guanidine groups is 1. The summed E-state index contributed by atoms with van der Waals surface area (Å²) in [7, 11) is 0. The topological polar surface area (TPSA) is 126 Å². The second-order valence-corrected chi connectivity index (χ2v) is 1.53. The molecular formula is C5H16LiN3O2. The molecule has 0 saturated heterocycles. The predicted octanol–water partition coefficient (Wildman–Crippen LogP) is -3.56. The summed E-state index contributed by atoms with van der Waals surface area (Å²) in [4.78, 5) is 0. The van der Waals surface area contributed by atoms with Crippen LogP contribution in [-0.2, 0) is 0 Å². The largest absolute Gasteiger partial charge is 1.00 e. The number of unbranched alkanes of at least 4 members (excludes halogenated alkanes) is 1. The number of nitrogens with one attached hydrogen (secondary N) is 1. The van der Waals surface area contributed by atoms with Crippen LogP contribution in [0.15, 0.2) is 0 Å². The molecule has 6 heteroatoms. The number of hydrogen-bond acceptors (Lipinski definition) is 3. The van der Waals surface area contributed by atoms with E-state index in [9.17, 15) is 0 Å². The van der Waals surface area contributed by atoms with Crippen LogP contribution in [0.25, 0.3) is 0 Å². The number of hydrogen-bond donors (Lipinski definition) is 4. The fourth-order valence-electron chi connectivity index (χ4n) is 0.158. The van der Waals surface area contributed by atoms with E-state index >= 15 is 0 Å². The van der Waals surface area contributed by atoms with Gasteiger partial charge in [0.1, 0.15) is 0 Å². The second-order valence-electron chi connectivity index (χ2n) is 1.53. The van der Waals surface area contributed by atoms with Crippen LogP contribution < -0.4 is 30.3 Å². The summed E-state index contributed by atoms with van der Waals surface area (Å²) in [6, 6.07) is 0. The predicted molar refractivity (Wildman–Crippen MR) is 40.0 cm³/mol. The molecule has 0 aliphatic heterocycles. The second kappa shape index (κ2) is 22.6. The van der Waals surface area contributed by atoms with Gasteiger partial charge < -0.3 is 22.1 Å². The van der Waals surface area contributed by atoms with E-state index in [2.05, 4.69) is 18.4 Å².